The number of nitrogens with one attached hydrogen (secondary N) is 1. The van der Waals surface area contributed by atoms with E-state index in [1.165, 1.54) is 0 Å². The predicted molar refractivity (Wildman–Crippen MR) is 118 cm³/mol. The molecule has 31 heavy (non-hydrogen) atoms. The van der Waals surface area contributed by atoms with Crippen molar-refractivity contribution in [1.29, 1.82) is 0 Å². The van der Waals surface area contributed by atoms with Crippen LogP contribution in [0.2, 0.25) is 0 Å². The lowest BCUT2D eigenvalue weighted by Crippen LogP contribution is -2.42. The highest BCUT2D eigenvalue weighted by molar-refractivity contribution is 6.05. The van der Waals surface area contributed by atoms with Gasteiger partial charge in [-0.3, -0.25) is 9.59 Å². The average molecular weight is 423 g/mol. The number of benzene rings is 1. The van der Waals surface area contributed by atoms with Crippen LogP contribution >= 0.6 is 0 Å². The predicted octanol–water partition coefficient (Wildman–Crippen LogP) is 4.29. The second kappa shape index (κ2) is 9.45. The van der Waals surface area contributed by atoms with Crippen LogP contribution in [0.1, 0.15) is 72.9 Å². The third-order valence-corrected chi connectivity index (χ3v) is 6.39. The Bertz CT molecular complexity index is 956. The van der Waals surface area contributed by atoms with E-state index < -0.39 is 0 Å². The summed E-state index contributed by atoms with van der Waals surface area (Å²) in [5, 5.41) is 2.87. The van der Waals surface area contributed by atoms with E-state index in [2.05, 4.69) is 15.3 Å². The molecule has 1 saturated heterocycles. The number of aromatic nitrogens is 2. The van der Waals surface area contributed by atoms with Gasteiger partial charge in [-0.1, -0.05) is 25.0 Å². The number of methoxy groups -OCH3 is 1. The monoisotopic (exact) mass is 422 g/mol. The van der Waals surface area contributed by atoms with Gasteiger partial charge in [0, 0.05) is 18.7 Å². The highest BCUT2D eigenvalue weighted by Gasteiger charge is 2.35. The molecule has 7 nitrogen and oxygen atoms in total. The number of aryl methyl sites for hydroxylation is 1. The summed E-state index contributed by atoms with van der Waals surface area (Å²) in [6.45, 7) is 2.58. The van der Waals surface area contributed by atoms with Gasteiger partial charge in [0.15, 0.2) is 5.82 Å². The Hall–Kier alpha value is -2.96. The molecule has 2 amide bonds. The number of likely N-dealkylation sites (tertiary alicyclic amines) is 1. The highest BCUT2D eigenvalue weighted by atomic mass is 16.5. The standard InChI is InChI=1S/C24H30N4O3/c1-16-18(23(29)27-19-11-5-6-13-21(19)31-2)15-25-22(26-16)20-12-7-8-14-28(20)24(30)17-9-3-4-10-17/h5-6,11,13,15,17,20H,3-4,7-10,12,14H2,1-2H3,(H,27,29)/t20-/m1/s1. The Kier molecular flexibility index (Phi) is 6.49. The van der Waals surface area contributed by atoms with E-state index in [1.54, 1.807) is 25.4 Å². The zero-order valence-electron chi connectivity index (χ0n) is 18.3. The summed E-state index contributed by atoms with van der Waals surface area (Å²) in [7, 11) is 1.57. The minimum absolute atomic E-state index is 0.105. The van der Waals surface area contributed by atoms with Crippen LogP contribution in [0.25, 0.3) is 0 Å². The van der Waals surface area contributed by atoms with Gasteiger partial charge in [-0.2, -0.15) is 0 Å². The number of piperidine rings is 1. The minimum atomic E-state index is -0.281. The number of hydrogen-bond acceptors (Lipinski definition) is 5. The molecule has 0 radical (unpaired) electrons. The minimum Gasteiger partial charge on any atom is -0.495 e. The van der Waals surface area contributed by atoms with Gasteiger partial charge in [0.2, 0.25) is 5.91 Å². The second-order valence-electron chi connectivity index (χ2n) is 8.41. The van der Waals surface area contributed by atoms with Gasteiger partial charge in [-0.25, -0.2) is 9.97 Å². The van der Waals surface area contributed by atoms with Crippen molar-refractivity contribution < 1.29 is 14.3 Å². The molecule has 164 valence electrons. The maximum Gasteiger partial charge on any atom is 0.259 e. The molecule has 4 rings (SSSR count). The first-order chi connectivity index (χ1) is 15.1. The number of hydrogen-bond donors (Lipinski definition) is 1. The normalized spacial score (nSPS) is 19.3. The maximum absolute atomic E-state index is 13.1. The zero-order valence-corrected chi connectivity index (χ0v) is 18.3. The molecule has 0 unspecified atom stereocenters. The number of ether oxygens (including phenoxy) is 1. The number of nitrogens with zero attached hydrogens (tertiary/aromatic N) is 3. The molecule has 1 aliphatic carbocycles. The molecule has 2 aromatic rings. The van der Waals surface area contributed by atoms with Crippen LogP contribution in [0.3, 0.4) is 0 Å². The van der Waals surface area contributed by atoms with Crippen LogP contribution in [-0.4, -0.2) is 40.3 Å². The van der Waals surface area contributed by atoms with Crippen molar-refractivity contribution in [2.45, 2.75) is 57.9 Å². The number of para-hydroxylation sites is 2. The molecular weight excluding hydrogens is 392 g/mol. The van der Waals surface area contributed by atoms with E-state index in [4.69, 9.17) is 4.74 Å². The zero-order chi connectivity index (χ0) is 21.8. The lowest BCUT2D eigenvalue weighted by atomic mass is 9.97. The van der Waals surface area contributed by atoms with Crippen LogP contribution in [0, 0.1) is 12.8 Å². The molecule has 0 bridgehead atoms. The van der Waals surface area contributed by atoms with Gasteiger partial charge in [-0.05, 0) is 51.2 Å². The molecular formula is C24H30N4O3. The number of rotatable bonds is 5. The fraction of sp³-hybridized carbons (Fsp3) is 0.500. The van der Waals surface area contributed by atoms with Crippen molar-refractivity contribution in [2.24, 2.45) is 5.92 Å². The van der Waals surface area contributed by atoms with Crippen LogP contribution in [-0.2, 0) is 4.79 Å². The lowest BCUT2D eigenvalue weighted by molar-refractivity contribution is -0.139. The first kappa shape index (κ1) is 21.3. The van der Waals surface area contributed by atoms with Crippen molar-refractivity contribution in [3.63, 3.8) is 0 Å². The SMILES string of the molecule is COc1ccccc1NC(=O)c1cnc([C@H]2CCCCN2C(=O)C2CCCC2)nc1C. The van der Waals surface area contributed by atoms with Crippen molar-refractivity contribution in [2.75, 3.05) is 19.0 Å². The fourth-order valence-electron chi connectivity index (χ4n) is 4.68. The van der Waals surface area contributed by atoms with Crippen molar-refractivity contribution in [3.8, 4) is 5.75 Å². The molecule has 1 aliphatic heterocycles. The molecule has 1 aromatic heterocycles. The van der Waals surface area contributed by atoms with Gasteiger partial charge in [0.25, 0.3) is 5.91 Å². The third-order valence-electron chi connectivity index (χ3n) is 6.39. The van der Waals surface area contributed by atoms with Gasteiger partial charge in [-0.15, -0.1) is 0 Å². The van der Waals surface area contributed by atoms with E-state index in [0.29, 0.717) is 28.5 Å². The quantitative estimate of drug-likeness (QED) is 0.777. The van der Waals surface area contributed by atoms with Crippen LogP contribution < -0.4 is 10.1 Å². The van der Waals surface area contributed by atoms with E-state index in [-0.39, 0.29) is 23.8 Å². The molecule has 1 N–H and O–H groups in total. The Morgan fingerprint density at radius 2 is 1.84 bits per heavy atom. The lowest BCUT2D eigenvalue weighted by Gasteiger charge is -2.36. The van der Waals surface area contributed by atoms with E-state index in [0.717, 1.165) is 51.5 Å². The van der Waals surface area contributed by atoms with E-state index in [1.807, 2.05) is 24.0 Å². The summed E-state index contributed by atoms with van der Waals surface area (Å²) < 4.78 is 5.30. The summed E-state index contributed by atoms with van der Waals surface area (Å²) >= 11 is 0. The maximum atomic E-state index is 13.1. The molecule has 0 spiro atoms. The fourth-order valence-corrected chi connectivity index (χ4v) is 4.68. The molecule has 2 aliphatic rings. The van der Waals surface area contributed by atoms with Crippen LogP contribution in [0.15, 0.2) is 30.5 Å². The number of carbonyl (C=O) groups is 2. The Morgan fingerprint density at radius 1 is 1.10 bits per heavy atom. The van der Waals surface area contributed by atoms with Gasteiger partial charge < -0.3 is 15.0 Å². The molecule has 1 saturated carbocycles. The largest absolute Gasteiger partial charge is 0.495 e. The molecule has 7 heteroatoms. The Balaban J connectivity index is 1.53. The topological polar surface area (TPSA) is 84.4 Å². The van der Waals surface area contributed by atoms with Crippen LogP contribution in [0.5, 0.6) is 5.75 Å². The van der Waals surface area contributed by atoms with Gasteiger partial charge in [0.1, 0.15) is 5.75 Å². The Labute approximate surface area is 183 Å². The molecule has 1 aromatic carbocycles. The van der Waals surface area contributed by atoms with Crippen molar-refractivity contribution in [3.05, 3.63) is 47.5 Å². The first-order valence-electron chi connectivity index (χ1n) is 11.2. The van der Waals surface area contributed by atoms with Crippen LogP contribution in [0.4, 0.5) is 5.69 Å². The summed E-state index contributed by atoms with van der Waals surface area (Å²) in [5.41, 5.74) is 1.62. The number of anilines is 1. The average Bonchev–Trinajstić information content (AvgIpc) is 3.34. The second-order valence-corrected chi connectivity index (χ2v) is 8.41. The Morgan fingerprint density at radius 3 is 2.58 bits per heavy atom. The summed E-state index contributed by atoms with van der Waals surface area (Å²) in [6, 6.07) is 7.16. The van der Waals surface area contributed by atoms with E-state index >= 15 is 0 Å². The van der Waals surface area contributed by atoms with E-state index in [9.17, 15) is 9.59 Å². The summed E-state index contributed by atoms with van der Waals surface area (Å²) in [4.78, 5) is 37.1. The van der Waals surface area contributed by atoms with Crippen molar-refractivity contribution >= 4 is 17.5 Å². The third kappa shape index (κ3) is 4.55. The smallest absolute Gasteiger partial charge is 0.259 e. The number of carbonyl (C=O) groups excluding carboxylic acids is 2. The van der Waals surface area contributed by atoms with Crippen molar-refractivity contribution in [1.82, 2.24) is 14.9 Å². The number of amides is 2. The summed E-state index contributed by atoms with van der Waals surface area (Å²) in [6.07, 6.45) is 8.78. The molecule has 1 atom stereocenters. The molecule has 2 heterocycles. The first-order valence-corrected chi connectivity index (χ1v) is 11.2. The molecule has 2 fully saturated rings. The summed E-state index contributed by atoms with van der Waals surface area (Å²) in [5.74, 6) is 1.34. The van der Waals surface area contributed by atoms with Gasteiger partial charge in [0.05, 0.1) is 30.1 Å². The highest BCUT2D eigenvalue weighted by Crippen LogP contribution is 2.34. The van der Waals surface area contributed by atoms with Gasteiger partial charge >= 0.3 is 0 Å².